The van der Waals surface area contributed by atoms with Gasteiger partial charge in [0.25, 0.3) is 0 Å². The third-order valence-electron chi connectivity index (χ3n) is 5.29. The van der Waals surface area contributed by atoms with Crippen molar-refractivity contribution in [3.8, 4) is 0 Å². The minimum atomic E-state index is -3.53. The van der Waals surface area contributed by atoms with Crippen LogP contribution in [0.5, 0.6) is 0 Å². The Kier molecular flexibility index (Phi) is 6.99. The summed E-state index contributed by atoms with van der Waals surface area (Å²) in [5.74, 6) is 0. The molecule has 0 unspecified atom stereocenters. The number of rotatable bonds is 10. The quantitative estimate of drug-likeness (QED) is 0.530. The standard InChI is InChI=1S/C22H31N5O2S/c1-5-25(6-2)21-13-12-19(30(28,29)27(7-3)8-4)15-20(21)23-16-18-17-26-14-10-9-11-22(26)24-18/h9-15,17,23H,5-8,16H2,1-4H3. The van der Waals surface area contributed by atoms with Crippen LogP contribution in [0, 0.1) is 0 Å². The number of anilines is 2. The van der Waals surface area contributed by atoms with Gasteiger partial charge in [0, 0.05) is 38.6 Å². The maximum Gasteiger partial charge on any atom is 0.243 e. The molecule has 0 amide bonds. The van der Waals surface area contributed by atoms with Crippen LogP contribution in [0.25, 0.3) is 5.65 Å². The molecule has 1 N–H and O–H groups in total. The zero-order chi connectivity index (χ0) is 21.7. The molecule has 0 fully saturated rings. The highest BCUT2D eigenvalue weighted by Crippen LogP contribution is 2.30. The van der Waals surface area contributed by atoms with Crippen molar-refractivity contribution in [2.45, 2.75) is 39.1 Å². The van der Waals surface area contributed by atoms with Crippen LogP contribution < -0.4 is 10.2 Å². The van der Waals surface area contributed by atoms with E-state index >= 15 is 0 Å². The van der Waals surface area contributed by atoms with Gasteiger partial charge in [-0.25, -0.2) is 13.4 Å². The lowest BCUT2D eigenvalue weighted by atomic mass is 10.2. The van der Waals surface area contributed by atoms with Crippen molar-refractivity contribution in [2.75, 3.05) is 36.4 Å². The highest BCUT2D eigenvalue weighted by atomic mass is 32.2. The maximum atomic E-state index is 13.0. The topological polar surface area (TPSA) is 70.0 Å². The minimum Gasteiger partial charge on any atom is -0.378 e. The Morgan fingerprint density at radius 1 is 1.00 bits per heavy atom. The van der Waals surface area contributed by atoms with E-state index in [0.717, 1.165) is 35.8 Å². The minimum absolute atomic E-state index is 0.305. The molecule has 2 heterocycles. The van der Waals surface area contributed by atoms with Gasteiger partial charge in [-0.15, -0.1) is 0 Å². The van der Waals surface area contributed by atoms with E-state index in [9.17, 15) is 8.42 Å². The molecule has 7 nitrogen and oxygen atoms in total. The summed E-state index contributed by atoms with van der Waals surface area (Å²) in [6, 6.07) is 11.2. The second-order valence-corrected chi connectivity index (χ2v) is 8.93. The largest absolute Gasteiger partial charge is 0.378 e. The molecule has 0 radical (unpaired) electrons. The molecule has 0 aliphatic carbocycles. The Hall–Kier alpha value is -2.58. The monoisotopic (exact) mass is 429 g/mol. The van der Waals surface area contributed by atoms with Gasteiger partial charge in [0.2, 0.25) is 10.0 Å². The molecule has 0 bridgehead atoms. The average molecular weight is 430 g/mol. The second-order valence-electron chi connectivity index (χ2n) is 6.99. The third-order valence-corrected chi connectivity index (χ3v) is 7.34. The molecule has 0 aliphatic heterocycles. The van der Waals surface area contributed by atoms with E-state index in [-0.39, 0.29) is 0 Å². The van der Waals surface area contributed by atoms with Crippen molar-refractivity contribution in [2.24, 2.45) is 0 Å². The number of hydrogen-bond acceptors (Lipinski definition) is 5. The normalized spacial score (nSPS) is 11.9. The molecule has 0 atom stereocenters. The fraction of sp³-hybridized carbons (Fsp3) is 0.409. The molecule has 162 valence electrons. The van der Waals surface area contributed by atoms with E-state index in [1.54, 1.807) is 12.1 Å². The summed E-state index contributed by atoms with van der Waals surface area (Å²) in [5.41, 5.74) is 3.56. The van der Waals surface area contributed by atoms with Gasteiger partial charge in [0.05, 0.1) is 28.5 Å². The van der Waals surface area contributed by atoms with Gasteiger partial charge >= 0.3 is 0 Å². The summed E-state index contributed by atoms with van der Waals surface area (Å²) >= 11 is 0. The Bertz CT molecular complexity index is 1050. The predicted molar refractivity (Wildman–Crippen MR) is 123 cm³/mol. The van der Waals surface area contributed by atoms with Crippen molar-refractivity contribution in [3.05, 3.63) is 54.5 Å². The summed E-state index contributed by atoms with van der Waals surface area (Å²) in [6.45, 7) is 11.0. The zero-order valence-corrected chi connectivity index (χ0v) is 19.0. The van der Waals surface area contributed by atoms with E-state index in [4.69, 9.17) is 0 Å². The number of hydrogen-bond donors (Lipinski definition) is 1. The highest BCUT2D eigenvalue weighted by Gasteiger charge is 2.23. The van der Waals surface area contributed by atoms with Gasteiger partial charge in [-0.05, 0) is 44.2 Å². The molecule has 0 aliphatic rings. The van der Waals surface area contributed by atoms with Crippen LogP contribution in [0.3, 0.4) is 0 Å². The van der Waals surface area contributed by atoms with Gasteiger partial charge < -0.3 is 14.6 Å². The number of pyridine rings is 1. The van der Waals surface area contributed by atoms with E-state index in [2.05, 4.69) is 29.0 Å². The van der Waals surface area contributed by atoms with Gasteiger partial charge in [0.1, 0.15) is 5.65 Å². The molecular weight excluding hydrogens is 398 g/mol. The zero-order valence-electron chi connectivity index (χ0n) is 18.2. The molecule has 3 rings (SSSR count). The fourth-order valence-corrected chi connectivity index (χ4v) is 5.11. The highest BCUT2D eigenvalue weighted by molar-refractivity contribution is 7.89. The lowest BCUT2D eigenvalue weighted by Gasteiger charge is -2.26. The van der Waals surface area contributed by atoms with Crippen LogP contribution in [-0.2, 0) is 16.6 Å². The molecule has 0 saturated heterocycles. The maximum absolute atomic E-state index is 13.0. The first kappa shape index (κ1) is 22.1. The van der Waals surface area contributed by atoms with Crippen molar-refractivity contribution in [3.63, 3.8) is 0 Å². The second kappa shape index (κ2) is 9.49. The van der Waals surface area contributed by atoms with Crippen molar-refractivity contribution in [1.82, 2.24) is 13.7 Å². The molecule has 0 saturated carbocycles. The van der Waals surface area contributed by atoms with E-state index < -0.39 is 10.0 Å². The van der Waals surface area contributed by atoms with Crippen molar-refractivity contribution in [1.29, 1.82) is 0 Å². The molecular formula is C22H31N5O2S. The van der Waals surface area contributed by atoms with Crippen LogP contribution >= 0.6 is 0 Å². The first-order valence-electron chi connectivity index (χ1n) is 10.5. The van der Waals surface area contributed by atoms with Crippen LogP contribution in [-0.4, -0.2) is 48.3 Å². The third kappa shape index (κ3) is 4.44. The van der Waals surface area contributed by atoms with Crippen LogP contribution in [0.15, 0.2) is 53.7 Å². The number of nitrogens with zero attached hydrogens (tertiary/aromatic N) is 4. The van der Waals surface area contributed by atoms with Gasteiger partial charge in [-0.1, -0.05) is 19.9 Å². The van der Waals surface area contributed by atoms with E-state index in [0.29, 0.717) is 24.5 Å². The first-order chi connectivity index (χ1) is 14.4. The predicted octanol–water partition coefficient (Wildman–Crippen LogP) is 3.82. The number of nitrogens with one attached hydrogen (secondary N) is 1. The lowest BCUT2D eigenvalue weighted by molar-refractivity contribution is 0.445. The summed E-state index contributed by atoms with van der Waals surface area (Å²) in [4.78, 5) is 7.14. The number of benzene rings is 1. The number of fused-ring (bicyclic) bond motifs is 1. The Morgan fingerprint density at radius 2 is 1.73 bits per heavy atom. The number of imidazole rings is 1. The number of sulfonamides is 1. The summed E-state index contributed by atoms with van der Waals surface area (Å²) in [7, 11) is -3.53. The SMILES string of the molecule is CCN(CC)c1ccc(S(=O)(=O)N(CC)CC)cc1NCc1cn2ccccc2n1. The molecule has 8 heteroatoms. The Morgan fingerprint density at radius 3 is 2.37 bits per heavy atom. The van der Waals surface area contributed by atoms with Gasteiger partial charge in [-0.3, -0.25) is 0 Å². The summed E-state index contributed by atoms with van der Waals surface area (Å²) < 4.78 is 29.5. The van der Waals surface area contributed by atoms with Crippen LogP contribution in [0.1, 0.15) is 33.4 Å². The van der Waals surface area contributed by atoms with Crippen molar-refractivity contribution < 1.29 is 8.42 Å². The van der Waals surface area contributed by atoms with E-state index in [1.165, 1.54) is 4.31 Å². The molecule has 0 spiro atoms. The average Bonchev–Trinajstić information content (AvgIpc) is 3.17. The van der Waals surface area contributed by atoms with Gasteiger partial charge in [-0.2, -0.15) is 4.31 Å². The van der Waals surface area contributed by atoms with Crippen LogP contribution in [0.2, 0.25) is 0 Å². The van der Waals surface area contributed by atoms with Gasteiger partial charge in [0.15, 0.2) is 0 Å². The lowest BCUT2D eigenvalue weighted by Crippen LogP contribution is -2.31. The molecule has 30 heavy (non-hydrogen) atoms. The summed E-state index contributed by atoms with van der Waals surface area (Å²) in [6.07, 6.45) is 3.94. The van der Waals surface area contributed by atoms with E-state index in [1.807, 2.05) is 54.9 Å². The Balaban J connectivity index is 1.96. The molecule has 1 aromatic carbocycles. The van der Waals surface area contributed by atoms with Crippen LogP contribution in [0.4, 0.5) is 11.4 Å². The molecule has 3 aromatic rings. The summed E-state index contributed by atoms with van der Waals surface area (Å²) in [5, 5.41) is 3.43. The number of aromatic nitrogens is 2. The Labute approximate surface area is 179 Å². The first-order valence-corrected chi connectivity index (χ1v) is 11.9. The molecule has 2 aromatic heterocycles. The fourth-order valence-electron chi connectivity index (χ4n) is 3.63. The van der Waals surface area contributed by atoms with Crippen molar-refractivity contribution >= 4 is 27.0 Å². The smallest absolute Gasteiger partial charge is 0.243 e.